The smallest absolute Gasteiger partial charge is 0.0152 e. The molecule has 0 fully saturated rings. The van der Waals surface area contributed by atoms with Gasteiger partial charge in [-0.15, -0.1) is 0 Å². The van der Waals surface area contributed by atoms with Crippen molar-refractivity contribution >= 4 is 33.4 Å². The molecule has 0 spiro atoms. The molecule has 0 N–H and O–H groups in total. The van der Waals surface area contributed by atoms with Crippen LogP contribution in [0, 0.1) is 0 Å². The highest BCUT2D eigenvalue weighted by molar-refractivity contribution is 14.1. The van der Waals surface area contributed by atoms with Crippen molar-refractivity contribution in [2.45, 2.75) is 12.8 Å². The fourth-order valence-electron chi connectivity index (χ4n) is 1.81. The van der Waals surface area contributed by atoms with E-state index in [1.54, 1.807) is 0 Å². The number of rotatable bonds is 3. The molecule has 76 valence electrons. The topological polar surface area (TPSA) is 0 Å². The first kappa shape index (κ1) is 10.7. The van der Waals surface area contributed by atoms with Gasteiger partial charge in [-0.2, -0.15) is 0 Å². The third kappa shape index (κ3) is 2.59. The molecule has 15 heavy (non-hydrogen) atoms. The lowest BCUT2D eigenvalue weighted by Crippen LogP contribution is -1.85. The van der Waals surface area contributed by atoms with Gasteiger partial charge in [0, 0.05) is 0 Å². The Morgan fingerprint density at radius 1 is 1.00 bits per heavy atom. The predicted octanol–water partition coefficient (Wildman–Crippen LogP) is 4.72. The normalized spacial score (nSPS) is 11.3. The zero-order valence-electron chi connectivity index (χ0n) is 8.49. The van der Waals surface area contributed by atoms with Crippen LogP contribution in [0.4, 0.5) is 0 Å². The molecule has 0 bridgehead atoms. The van der Waals surface area contributed by atoms with E-state index in [-0.39, 0.29) is 0 Å². The average Bonchev–Trinajstić information content (AvgIpc) is 2.30. The first-order valence-corrected chi connectivity index (χ1v) is 6.38. The van der Waals surface area contributed by atoms with Gasteiger partial charge in [-0.3, -0.25) is 0 Å². The first-order valence-electron chi connectivity index (χ1n) is 5.13. The van der Waals surface area contributed by atoms with Crippen LogP contribution in [0.1, 0.15) is 12.0 Å². The van der Waals surface area contributed by atoms with Crippen LogP contribution < -0.4 is 0 Å². The van der Waals surface area contributed by atoms with Crippen LogP contribution in [0.25, 0.3) is 10.8 Å². The summed E-state index contributed by atoms with van der Waals surface area (Å²) in [6.45, 7) is 0. The monoisotopic (exact) mass is 308 g/mol. The second-order valence-electron chi connectivity index (χ2n) is 3.54. The highest BCUT2D eigenvalue weighted by atomic mass is 127. The van der Waals surface area contributed by atoms with Crippen LogP contribution >= 0.6 is 22.6 Å². The minimum absolute atomic E-state index is 1.12. The summed E-state index contributed by atoms with van der Waals surface area (Å²) in [6, 6.07) is 15.1. The number of hydrogen-bond acceptors (Lipinski definition) is 0. The van der Waals surface area contributed by atoms with Crippen molar-refractivity contribution < 1.29 is 0 Å². The molecule has 0 saturated carbocycles. The van der Waals surface area contributed by atoms with E-state index >= 15 is 0 Å². The number of hydrogen-bond donors (Lipinski definition) is 0. The maximum atomic E-state index is 2.27. The molecule has 0 unspecified atom stereocenters. The van der Waals surface area contributed by atoms with Crippen LogP contribution in [-0.4, -0.2) is 0 Å². The summed E-state index contributed by atoms with van der Waals surface area (Å²) in [4.78, 5) is 0. The van der Waals surface area contributed by atoms with Crippen molar-refractivity contribution in [2.75, 3.05) is 0 Å². The van der Waals surface area contributed by atoms with E-state index in [0.29, 0.717) is 0 Å². The highest BCUT2D eigenvalue weighted by Gasteiger charge is 1.98. The second-order valence-corrected chi connectivity index (χ2v) is 4.26. The van der Waals surface area contributed by atoms with Crippen molar-refractivity contribution in [1.82, 2.24) is 0 Å². The van der Waals surface area contributed by atoms with Crippen molar-refractivity contribution in [3.05, 3.63) is 58.2 Å². The fourth-order valence-corrected chi connectivity index (χ4v) is 2.17. The van der Waals surface area contributed by atoms with E-state index in [4.69, 9.17) is 0 Å². The Hall–Kier alpha value is -0.830. The summed E-state index contributed by atoms with van der Waals surface area (Å²) >= 11 is 2.27. The van der Waals surface area contributed by atoms with Crippen LogP contribution in [0.3, 0.4) is 0 Å². The van der Waals surface area contributed by atoms with E-state index in [9.17, 15) is 0 Å². The number of fused-ring (bicyclic) bond motifs is 1. The van der Waals surface area contributed by atoms with Crippen LogP contribution in [0.2, 0.25) is 0 Å². The van der Waals surface area contributed by atoms with Gasteiger partial charge in [0.15, 0.2) is 0 Å². The zero-order chi connectivity index (χ0) is 10.5. The second kappa shape index (κ2) is 5.31. The number of halogens is 1. The summed E-state index contributed by atoms with van der Waals surface area (Å²) in [5.74, 6) is 0. The molecule has 2 aromatic carbocycles. The lowest BCUT2D eigenvalue weighted by molar-refractivity contribution is 1.02. The van der Waals surface area contributed by atoms with Crippen molar-refractivity contribution in [1.29, 1.82) is 0 Å². The van der Waals surface area contributed by atoms with E-state index in [1.165, 1.54) is 16.3 Å². The molecule has 0 radical (unpaired) electrons. The Kier molecular flexibility index (Phi) is 3.78. The molecule has 2 aromatic rings. The number of aryl methyl sites for hydroxylation is 1. The van der Waals surface area contributed by atoms with Crippen LogP contribution in [0.15, 0.2) is 52.6 Å². The van der Waals surface area contributed by atoms with Gasteiger partial charge in [0.2, 0.25) is 0 Å². The Morgan fingerprint density at radius 3 is 2.67 bits per heavy atom. The Morgan fingerprint density at radius 2 is 1.80 bits per heavy atom. The fraction of sp³-hybridized carbons (Fsp3) is 0.143. The van der Waals surface area contributed by atoms with Crippen LogP contribution in [-0.2, 0) is 6.42 Å². The predicted molar refractivity (Wildman–Crippen MR) is 75.4 cm³/mol. The van der Waals surface area contributed by atoms with Crippen molar-refractivity contribution in [2.24, 2.45) is 0 Å². The molecule has 0 aliphatic rings. The third-order valence-corrected chi connectivity index (χ3v) is 3.06. The molecule has 2 rings (SSSR count). The quantitative estimate of drug-likeness (QED) is 0.720. The molecular formula is C14H13I. The number of benzene rings is 2. The van der Waals surface area contributed by atoms with Gasteiger partial charge in [-0.05, 0) is 33.3 Å². The maximum Gasteiger partial charge on any atom is -0.0152 e. The van der Waals surface area contributed by atoms with Gasteiger partial charge >= 0.3 is 0 Å². The van der Waals surface area contributed by atoms with Gasteiger partial charge in [0.25, 0.3) is 0 Å². The molecule has 0 saturated heterocycles. The Labute approximate surface area is 104 Å². The Balaban J connectivity index is 2.34. The molecule has 0 aromatic heterocycles. The molecule has 1 heteroatoms. The SMILES string of the molecule is IC=CCCc1cccc2ccccc12. The van der Waals surface area contributed by atoms with E-state index in [1.807, 2.05) is 0 Å². The molecule has 0 aliphatic carbocycles. The van der Waals surface area contributed by atoms with Crippen molar-refractivity contribution in [3.63, 3.8) is 0 Å². The number of allylic oxidation sites excluding steroid dienone is 1. The molecule has 0 atom stereocenters. The van der Waals surface area contributed by atoms with Gasteiger partial charge in [0.05, 0.1) is 0 Å². The standard InChI is InChI=1S/C14H13I/c15-11-4-3-7-13-9-5-8-12-6-1-2-10-14(12)13/h1-2,4-6,8-11H,3,7H2. The van der Waals surface area contributed by atoms with E-state index in [0.717, 1.165) is 12.8 Å². The summed E-state index contributed by atoms with van der Waals surface area (Å²) in [5.41, 5.74) is 1.45. The lowest BCUT2D eigenvalue weighted by atomic mass is 10.0. The average molecular weight is 308 g/mol. The minimum atomic E-state index is 1.12. The molecule has 0 heterocycles. The molecule has 0 aliphatic heterocycles. The van der Waals surface area contributed by atoms with Gasteiger partial charge in [0.1, 0.15) is 0 Å². The van der Waals surface area contributed by atoms with Crippen LogP contribution in [0.5, 0.6) is 0 Å². The highest BCUT2D eigenvalue weighted by Crippen LogP contribution is 2.19. The summed E-state index contributed by atoms with van der Waals surface area (Å²) < 4.78 is 2.09. The lowest BCUT2D eigenvalue weighted by Gasteiger charge is -2.04. The zero-order valence-corrected chi connectivity index (χ0v) is 10.6. The molecule has 0 nitrogen and oxygen atoms in total. The van der Waals surface area contributed by atoms with Crippen molar-refractivity contribution in [3.8, 4) is 0 Å². The van der Waals surface area contributed by atoms with Gasteiger partial charge in [-0.25, -0.2) is 0 Å². The molecular weight excluding hydrogens is 295 g/mol. The van der Waals surface area contributed by atoms with Gasteiger partial charge in [-0.1, -0.05) is 71.1 Å². The van der Waals surface area contributed by atoms with E-state index in [2.05, 4.69) is 75.2 Å². The largest absolute Gasteiger partial charge is 0.0781 e. The first-order chi connectivity index (χ1) is 7.42. The molecule has 0 amide bonds. The van der Waals surface area contributed by atoms with Gasteiger partial charge < -0.3 is 0 Å². The Bertz CT molecular complexity index is 466. The minimum Gasteiger partial charge on any atom is -0.0781 e. The van der Waals surface area contributed by atoms with E-state index < -0.39 is 0 Å². The maximum absolute atomic E-state index is 2.27. The summed E-state index contributed by atoms with van der Waals surface area (Å²) in [7, 11) is 0. The summed E-state index contributed by atoms with van der Waals surface area (Å²) in [5, 5.41) is 2.73. The third-order valence-electron chi connectivity index (χ3n) is 2.55. The summed E-state index contributed by atoms with van der Waals surface area (Å²) in [6.07, 6.45) is 4.46.